The maximum Gasteiger partial charge on any atom is 0.337 e. The average molecular weight is 291 g/mol. The standard InChI is InChI=1S/C17H13N3O2/c1-11-3-5-14(17(21)22-2)8-13(11)6-4-12-7-15-10-19-20-16(15)18-9-12/h3,5,7-10H,1-2H3,(H,18,19,20). The zero-order valence-corrected chi connectivity index (χ0v) is 12.2. The molecule has 5 heteroatoms. The van der Waals surface area contributed by atoms with Crippen LogP contribution in [-0.2, 0) is 4.74 Å². The van der Waals surface area contributed by atoms with Crippen LogP contribution >= 0.6 is 0 Å². The molecule has 108 valence electrons. The SMILES string of the molecule is COC(=O)c1ccc(C)c(C#Cc2cnc3[nH]ncc3c2)c1. The largest absolute Gasteiger partial charge is 0.465 e. The van der Waals surface area contributed by atoms with Gasteiger partial charge in [-0.25, -0.2) is 9.78 Å². The van der Waals surface area contributed by atoms with Crippen molar-refractivity contribution < 1.29 is 9.53 Å². The number of aryl methyl sites for hydroxylation is 1. The molecule has 0 aliphatic heterocycles. The monoisotopic (exact) mass is 291 g/mol. The molecule has 2 aromatic heterocycles. The number of nitrogens with zero attached hydrogens (tertiary/aromatic N) is 2. The van der Waals surface area contributed by atoms with Gasteiger partial charge in [0.15, 0.2) is 5.65 Å². The first kappa shape index (κ1) is 13.8. The van der Waals surface area contributed by atoms with Crippen LogP contribution in [0.2, 0.25) is 0 Å². The highest BCUT2D eigenvalue weighted by atomic mass is 16.5. The smallest absolute Gasteiger partial charge is 0.337 e. The fourth-order valence-corrected chi connectivity index (χ4v) is 2.05. The van der Waals surface area contributed by atoms with E-state index in [9.17, 15) is 4.79 Å². The highest BCUT2D eigenvalue weighted by Crippen LogP contribution is 2.12. The molecule has 0 amide bonds. The predicted molar refractivity (Wildman–Crippen MR) is 82.4 cm³/mol. The molecule has 1 aromatic carbocycles. The first-order chi connectivity index (χ1) is 10.7. The van der Waals surface area contributed by atoms with Crippen LogP contribution in [0.3, 0.4) is 0 Å². The lowest BCUT2D eigenvalue weighted by Gasteiger charge is -2.02. The molecule has 0 unspecified atom stereocenters. The van der Waals surface area contributed by atoms with Crippen molar-refractivity contribution in [2.24, 2.45) is 0 Å². The molecular formula is C17H13N3O2. The van der Waals surface area contributed by atoms with Crippen molar-refractivity contribution in [3.8, 4) is 11.8 Å². The van der Waals surface area contributed by atoms with E-state index in [0.29, 0.717) is 5.56 Å². The molecule has 0 bridgehead atoms. The lowest BCUT2D eigenvalue weighted by atomic mass is 10.0. The van der Waals surface area contributed by atoms with E-state index in [1.165, 1.54) is 7.11 Å². The van der Waals surface area contributed by atoms with Gasteiger partial charge in [0.05, 0.1) is 18.9 Å². The van der Waals surface area contributed by atoms with Gasteiger partial charge in [-0.05, 0) is 30.7 Å². The number of nitrogens with one attached hydrogen (secondary N) is 1. The second kappa shape index (κ2) is 5.70. The zero-order chi connectivity index (χ0) is 15.5. The van der Waals surface area contributed by atoms with Gasteiger partial charge >= 0.3 is 5.97 Å². The first-order valence-corrected chi connectivity index (χ1v) is 6.67. The van der Waals surface area contributed by atoms with Gasteiger partial charge in [0.2, 0.25) is 0 Å². The number of benzene rings is 1. The third-order valence-corrected chi connectivity index (χ3v) is 3.29. The van der Waals surface area contributed by atoms with E-state index < -0.39 is 0 Å². The summed E-state index contributed by atoms with van der Waals surface area (Å²) in [6.45, 7) is 1.95. The number of H-pyrrole nitrogens is 1. The van der Waals surface area contributed by atoms with Crippen molar-refractivity contribution in [3.05, 3.63) is 58.9 Å². The molecule has 0 radical (unpaired) electrons. The van der Waals surface area contributed by atoms with Crippen LogP contribution in [-0.4, -0.2) is 28.3 Å². The molecule has 0 spiro atoms. The quantitative estimate of drug-likeness (QED) is 0.552. The fraction of sp³-hybridized carbons (Fsp3) is 0.118. The van der Waals surface area contributed by atoms with Crippen LogP contribution in [0.1, 0.15) is 27.0 Å². The lowest BCUT2D eigenvalue weighted by Crippen LogP contribution is -2.01. The van der Waals surface area contributed by atoms with Crippen molar-refractivity contribution in [1.82, 2.24) is 15.2 Å². The summed E-state index contributed by atoms with van der Waals surface area (Å²) in [6.07, 6.45) is 3.39. The summed E-state index contributed by atoms with van der Waals surface area (Å²) in [5.74, 6) is 5.77. The minimum atomic E-state index is -0.371. The second-order valence-electron chi connectivity index (χ2n) is 4.80. The minimum Gasteiger partial charge on any atom is -0.465 e. The first-order valence-electron chi connectivity index (χ1n) is 6.67. The number of ether oxygens (including phenoxy) is 1. The van der Waals surface area contributed by atoms with Gasteiger partial charge in [-0.1, -0.05) is 17.9 Å². The number of carbonyl (C=O) groups excluding carboxylic acids is 1. The van der Waals surface area contributed by atoms with Gasteiger partial charge in [0.25, 0.3) is 0 Å². The number of esters is 1. The summed E-state index contributed by atoms with van der Waals surface area (Å²) >= 11 is 0. The third-order valence-electron chi connectivity index (χ3n) is 3.29. The number of rotatable bonds is 1. The molecule has 1 N–H and O–H groups in total. The Morgan fingerprint density at radius 3 is 2.91 bits per heavy atom. The van der Waals surface area contributed by atoms with Gasteiger partial charge in [-0.3, -0.25) is 5.10 Å². The van der Waals surface area contributed by atoms with Gasteiger partial charge in [0.1, 0.15) is 0 Å². The van der Waals surface area contributed by atoms with E-state index >= 15 is 0 Å². The van der Waals surface area contributed by atoms with Gasteiger partial charge < -0.3 is 4.74 Å². The average Bonchev–Trinajstić information content (AvgIpc) is 3.01. The maximum atomic E-state index is 11.6. The third kappa shape index (κ3) is 2.67. The van der Waals surface area contributed by atoms with Crippen LogP contribution in [0.25, 0.3) is 11.0 Å². The van der Waals surface area contributed by atoms with Crippen LogP contribution in [0, 0.1) is 18.8 Å². The Labute approximate surface area is 127 Å². The highest BCUT2D eigenvalue weighted by Gasteiger charge is 2.06. The minimum absolute atomic E-state index is 0.371. The number of methoxy groups -OCH3 is 1. The fourth-order valence-electron chi connectivity index (χ4n) is 2.05. The second-order valence-corrected chi connectivity index (χ2v) is 4.80. The predicted octanol–water partition coefficient (Wildman–Crippen LogP) is 2.45. The Bertz CT molecular complexity index is 916. The van der Waals surface area contributed by atoms with Crippen LogP contribution in [0.4, 0.5) is 0 Å². The molecule has 0 saturated heterocycles. The van der Waals surface area contributed by atoms with Crippen LogP contribution in [0.15, 0.2) is 36.7 Å². The number of aromatic amines is 1. The van der Waals surface area contributed by atoms with E-state index in [4.69, 9.17) is 4.74 Å². The number of pyridine rings is 1. The number of hydrogen-bond acceptors (Lipinski definition) is 4. The van der Waals surface area contributed by atoms with Crippen molar-refractivity contribution in [2.75, 3.05) is 7.11 Å². The molecule has 0 aliphatic rings. The Balaban J connectivity index is 1.97. The van der Waals surface area contributed by atoms with E-state index in [0.717, 1.165) is 27.7 Å². The Hall–Kier alpha value is -3.13. The van der Waals surface area contributed by atoms with Crippen molar-refractivity contribution >= 4 is 17.0 Å². The molecule has 3 aromatic rings. The van der Waals surface area contributed by atoms with Crippen molar-refractivity contribution in [3.63, 3.8) is 0 Å². The summed E-state index contributed by atoms with van der Waals surface area (Å²) < 4.78 is 4.73. The number of hydrogen-bond donors (Lipinski definition) is 1. The molecular weight excluding hydrogens is 278 g/mol. The molecule has 0 aliphatic carbocycles. The molecule has 5 nitrogen and oxygen atoms in total. The Kier molecular flexibility index (Phi) is 3.58. The van der Waals surface area contributed by atoms with E-state index in [1.54, 1.807) is 24.5 Å². The van der Waals surface area contributed by atoms with Gasteiger partial charge in [-0.2, -0.15) is 5.10 Å². The topological polar surface area (TPSA) is 67.9 Å². The Morgan fingerprint density at radius 1 is 1.23 bits per heavy atom. The zero-order valence-electron chi connectivity index (χ0n) is 12.2. The number of carbonyl (C=O) groups is 1. The normalized spacial score (nSPS) is 10.1. The van der Waals surface area contributed by atoms with Gasteiger partial charge in [0, 0.05) is 22.7 Å². The Morgan fingerprint density at radius 2 is 2.09 bits per heavy atom. The van der Waals surface area contributed by atoms with Crippen molar-refractivity contribution in [1.29, 1.82) is 0 Å². The summed E-state index contributed by atoms with van der Waals surface area (Å²) in [6, 6.07) is 7.23. The van der Waals surface area contributed by atoms with E-state index in [-0.39, 0.29) is 5.97 Å². The van der Waals surface area contributed by atoms with E-state index in [2.05, 4.69) is 27.0 Å². The van der Waals surface area contributed by atoms with E-state index in [1.807, 2.05) is 19.1 Å². The molecule has 2 heterocycles. The maximum absolute atomic E-state index is 11.6. The summed E-state index contributed by atoms with van der Waals surface area (Å²) in [7, 11) is 1.36. The van der Waals surface area contributed by atoms with Gasteiger partial charge in [-0.15, -0.1) is 0 Å². The molecule has 0 saturated carbocycles. The number of fused-ring (bicyclic) bond motifs is 1. The van der Waals surface area contributed by atoms with Crippen LogP contribution < -0.4 is 0 Å². The molecule has 0 fully saturated rings. The summed E-state index contributed by atoms with van der Waals surface area (Å²) in [5.41, 5.74) is 3.79. The lowest BCUT2D eigenvalue weighted by molar-refractivity contribution is 0.0600. The molecule has 0 atom stereocenters. The highest BCUT2D eigenvalue weighted by molar-refractivity contribution is 5.89. The molecule has 3 rings (SSSR count). The summed E-state index contributed by atoms with van der Waals surface area (Å²) in [4.78, 5) is 15.8. The number of aromatic nitrogens is 3. The van der Waals surface area contributed by atoms with Crippen molar-refractivity contribution in [2.45, 2.75) is 6.92 Å². The molecule has 22 heavy (non-hydrogen) atoms. The summed E-state index contributed by atoms with van der Waals surface area (Å²) in [5, 5.41) is 7.63. The van der Waals surface area contributed by atoms with Crippen LogP contribution in [0.5, 0.6) is 0 Å².